The molecule has 0 spiro atoms. The quantitative estimate of drug-likeness (QED) is 0.643. The second-order valence-corrected chi connectivity index (χ2v) is 6.70. The van der Waals surface area contributed by atoms with Crippen LogP contribution in [-0.2, 0) is 9.59 Å². The van der Waals surface area contributed by atoms with Gasteiger partial charge in [0.05, 0.1) is 0 Å². The van der Waals surface area contributed by atoms with Gasteiger partial charge in [-0.1, -0.05) is 39.5 Å². The van der Waals surface area contributed by atoms with E-state index < -0.39 is 0 Å². The van der Waals surface area contributed by atoms with Crippen LogP contribution in [0.3, 0.4) is 0 Å². The third-order valence-corrected chi connectivity index (χ3v) is 4.62. The second kappa shape index (κ2) is 9.86. The first-order valence-electron chi connectivity index (χ1n) is 9.10. The molecule has 0 N–H and O–H groups in total. The maximum atomic E-state index is 12.3. The summed E-state index contributed by atoms with van der Waals surface area (Å²) in [5.74, 6) is 0.511. The molecule has 2 atom stereocenters. The lowest BCUT2D eigenvalue weighted by atomic mass is 10.1. The molecule has 0 aromatic heterocycles. The van der Waals surface area contributed by atoms with Gasteiger partial charge >= 0.3 is 0 Å². The number of nitrogens with zero attached hydrogens (tertiary/aromatic N) is 2. The zero-order chi connectivity index (χ0) is 16.5. The van der Waals surface area contributed by atoms with Crippen molar-refractivity contribution in [3.05, 3.63) is 0 Å². The largest absolute Gasteiger partial charge is 0.336 e. The van der Waals surface area contributed by atoms with Crippen LogP contribution in [0.25, 0.3) is 0 Å². The van der Waals surface area contributed by atoms with Gasteiger partial charge in [-0.15, -0.1) is 0 Å². The molecule has 0 radical (unpaired) electrons. The van der Waals surface area contributed by atoms with Crippen molar-refractivity contribution in [1.82, 2.24) is 9.80 Å². The summed E-state index contributed by atoms with van der Waals surface area (Å²) in [7, 11) is 0. The first kappa shape index (κ1) is 19.0. The topological polar surface area (TPSA) is 40.6 Å². The molecule has 0 aromatic rings. The standard InChI is InChI=1S/C18H34N2O2/c1-5-7-9-11-17(21)19-13-16(4)20(14-15(19)3)18(22)12-10-8-6-2/h15-16H,5-14H2,1-4H3. The fourth-order valence-corrected chi connectivity index (χ4v) is 3.16. The van der Waals surface area contributed by atoms with Crippen LogP contribution in [0.2, 0.25) is 0 Å². The lowest BCUT2D eigenvalue weighted by molar-refractivity contribution is -0.145. The minimum atomic E-state index is 0.139. The normalized spacial score (nSPS) is 22.0. The zero-order valence-electron chi connectivity index (χ0n) is 14.9. The van der Waals surface area contributed by atoms with Gasteiger partial charge in [-0.3, -0.25) is 9.59 Å². The summed E-state index contributed by atoms with van der Waals surface area (Å²) < 4.78 is 0. The van der Waals surface area contributed by atoms with Crippen LogP contribution in [0.4, 0.5) is 0 Å². The van der Waals surface area contributed by atoms with Crippen LogP contribution < -0.4 is 0 Å². The average molecular weight is 310 g/mol. The van der Waals surface area contributed by atoms with Gasteiger partial charge in [0.2, 0.25) is 11.8 Å². The zero-order valence-corrected chi connectivity index (χ0v) is 14.9. The summed E-state index contributed by atoms with van der Waals surface area (Å²) in [5.41, 5.74) is 0. The van der Waals surface area contributed by atoms with E-state index in [1.807, 2.05) is 9.80 Å². The Labute approximate surface area is 136 Å². The molecular weight excluding hydrogens is 276 g/mol. The molecule has 4 heteroatoms. The first-order valence-corrected chi connectivity index (χ1v) is 9.10. The van der Waals surface area contributed by atoms with Crippen molar-refractivity contribution in [3.63, 3.8) is 0 Å². The molecule has 1 aliphatic heterocycles. The Morgan fingerprint density at radius 2 is 1.14 bits per heavy atom. The molecular formula is C18H34N2O2. The van der Waals surface area contributed by atoms with E-state index in [-0.39, 0.29) is 23.9 Å². The van der Waals surface area contributed by atoms with Crippen LogP contribution in [0.1, 0.15) is 79.1 Å². The smallest absolute Gasteiger partial charge is 0.222 e. The Balaban J connectivity index is 2.49. The predicted octanol–water partition coefficient (Wildman–Crippen LogP) is 3.59. The third-order valence-electron chi connectivity index (χ3n) is 4.62. The molecule has 1 heterocycles. The Hall–Kier alpha value is -1.06. The maximum absolute atomic E-state index is 12.3. The molecule has 1 rings (SSSR count). The molecule has 1 fully saturated rings. The van der Waals surface area contributed by atoms with Crippen molar-refractivity contribution >= 4 is 11.8 Å². The van der Waals surface area contributed by atoms with Crippen LogP contribution in [0, 0.1) is 0 Å². The number of piperazine rings is 1. The van der Waals surface area contributed by atoms with Crippen molar-refractivity contribution in [2.75, 3.05) is 13.1 Å². The van der Waals surface area contributed by atoms with E-state index in [4.69, 9.17) is 0 Å². The van der Waals surface area contributed by atoms with Gasteiger partial charge in [0, 0.05) is 38.0 Å². The highest BCUT2D eigenvalue weighted by Crippen LogP contribution is 2.19. The van der Waals surface area contributed by atoms with Gasteiger partial charge < -0.3 is 9.80 Å². The highest BCUT2D eigenvalue weighted by Gasteiger charge is 2.33. The Morgan fingerprint density at radius 3 is 1.45 bits per heavy atom. The summed E-state index contributed by atoms with van der Waals surface area (Å²) in [6.07, 6.45) is 7.76. The van der Waals surface area contributed by atoms with Gasteiger partial charge in [0.1, 0.15) is 0 Å². The summed E-state index contributed by atoms with van der Waals surface area (Å²) in [5, 5.41) is 0. The molecule has 4 nitrogen and oxygen atoms in total. The molecule has 1 saturated heterocycles. The van der Waals surface area contributed by atoms with Crippen LogP contribution >= 0.6 is 0 Å². The van der Waals surface area contributed by atoms with E-state index in [9.17, 15) is 9.59 Å². The van der Waals surface area contributed by atoms with Crippen LogP contribution in [0.5, 0.6) is 0 Å². The van der Waals surface area contributed by atoms with Gasteiger partial charge in [0.15, 0.2) is 0 Å². The van der Waals surface area contributed by atoms with E-state index in [1.165, 1.54) is 0 Å². The van der Waals surface area contributed by atoms with Crippen LogP contribution in [-0.4, -0.2) is 46.8 Å². The van der Waals surface area contributed by atoms with Gasteiger partial charge in [-0.2, -0.15) is 0 Å². The van der Waals surface area contributed by atoms with Crippen molar-refractivity contribution in [1.29, 1.82) is 0 Å². The SMILES string of the molecule is CCCCCC(=O)N1CC(C)N(C(=O)CCCCC)CC1C. The number of hydrogen-bond acceptors (Lipinski definition) is 2. The summed E-state index contributed by atoms with van der Waals surface area (Å²) >= 11 is 0. The van der Waals surface area contributed by atoms with Crippen molar-refractivity contribution in [2.45, 2.75) is 91.1 Å². The molecule has 22 heavy (non-hydrogen) atoms. The Kier molecular flexibility index (Phi) is 8.51. The van der Waals surface area contributed by atoms with Crippen molar-refractivity contribution in [2.24, 2.45) is 0 Å². The summed E-state index contributed by atoms with van der Waals surface area (Å²) in [4.78, 5) is 28.6. The lowest BCUT2D eigenvalue weighted by Gasteiger charge is -2.44. The van der Waals surface area contributed by atoms with E-state index in [2.05, 4.69) is 27.7 Å². The number of amides is 2. The Morgan fingerprint density at radius 1 is 0.773 bits per heavy atom. The van der Waals surface area contributed by atoms with Gasteiger partial charge in [-0.05, 0) is 26.7 Å². The summed E-state index contributed by atoms with van der Waals surface area (Å²) in [6, 6.07) is 0.279. The third kappa shape index (κ3) is 5.62. The predicted molar refractivity (Wildman–Crippen MR) is 90.6 cm³/mol. The average Bonchev–Trinajstić information content (AvgIpc) is 2.49. The summed E-state index contributed by atoms with van der Waals surface area (Å²) in [6.45, 7) is 9.80. The fourth-order valence-electron chi connectivity index (χ4n) is 3.16. The van der Waals surface area contributed by atoms with E-state index in [0.29, 0.717) is 25.9 Å². The molecule has 1 aliphatic rings. The van der Waals surface area contributed by atoms with E-state index >= 15 is 0 Å². The minimum Gasteiger partial charge on any atom is -0.336 e. The van der Waals surface area contributed by atoms with E-state index in [1.54, 1.807) is 0 Å². The minimum absolute atomic E-state index is 0.139. The number of hydrogen-bond donors (Lipinski definition) is 0. The molecule has 128 valence electrons. The highest BCUT2D eigenvalue weighted by atomic mass is 16.2. The highest BCUT2D eigenvalue weighted by molar-refractivity contribution is 5.79. The fraction of sp³-hybridized carbons (Fsp3) is 0.889. The monoisotopic (exact) mass is 310 g/mol. The second-order valence-electron chi connectivity index (χ2n) is 6.70. The van der Waals surface area contributed by atoms with Crippen molar-refractivity contribution < 1.29 is 9.59 Å². The van der Waals surface area contributed by atoms with Gasteiger partial charge in [-0.25, -0.2) is 0 Å². The molecule has 2 amide bonds. The lowest BCUT2D eigenvalue weighted by Crippen LogP contribution is -2.59. The molecule has 2 unspecified atom stereocenters. The Bertz CT molecular complexity index is 323. The molecule has 0 saturated carbocycles. The van der Waals surface area contributed by atoms with E-state index in [0.717, 1.165) is 38.5 Å². The van der Waals surface area contributed by atoms with Gasteiger partial charge in [0.25, 0.3) is 0 Å². The van der Waals surface area contributed by atoms with Crippen molar-refractivity contribution in [3.8, 4) is 0 Å². The maximum Gasteiger partial charge on any atom is 0.222 e. The molecule has 0 aromatic carbocycles. The number of carbonyl (C=O) groups excluding carboxylic acids is 2. The molecule has 0 bridgehead atoms. The number of unbranched alkanes of at least 4 members (excludes halogenated alkanes) is 4. The van der Waals surface area contributed by atoms with Crippen LogP contribution in [0.15, 0.2) is 0 Å². The molecule has 0 aliphatic carbocycles. The number of rotatable bonds is 8. The number of carbonyl (C=O) groups is 2. The first-order chi connectivity index (χ1) is 10.5.